The van der Waals surface area contributed by atoms with E-state index in [1.54, 1.807) is 17.9 Å². The van der Waals surface area contributed by atoms with E-state index in [1.807, 2.05) is 0 Å². The van der Waals surface area contributed by atoms with Crippen molar-refractivity contribution in [3.05, 3.63) is 39.4 Å². The fourth-order valence-electron chi connectivity index (χ4n) is 2.27. The Balaban J connectivity index is 2.26. The first-order chi connectivity index (χ1) is 8.58. The van der Waals surface area contributed by atoms with Crippen LogP contribution in [0.1, 0.15) is 35.2 Å². The van der Waals surface area contributed by atoms with Crippen LogP contribution in [0.3, 0.4) is 0 Å². The van der Waals surface area contributed by atoms with Crippen LogP contribution in [0.4, 0.5) is 5.69 Å². The third-order valence-electron chi connectivity index (χ3n) is 3.16. The lowest BCUT2D eigenvalue weighted by atomic mass is 10.1. The molecule has 1 saturated heterocycles. The number of hydrogen-bond donors (Lipinski definition) is 0. The average Bonchev–Trinajstić information content (AvgIpc) is 2.38. The van der Waals surface area contributed by atoms with E-state index >= 15 is 0 Å². The van der Waals surface area contributed by atoms with Crippen molar-refractivity contribution in [3.63, 3.8) is 0 Å². The molecular formula is C13H16N2O3. The maximum absolute atomic E-state index is 12.2. The van der Waals surface area contributed by atoms with Crippen molar-refractivity contribution in [3.8, 4) is 0 Å². The molecule has 5 heteroatoms. The highest BCUT2D eigenvalue weighted by atomic mass is 16.6. The molecule has 1 aliphatic heterocycles. The highest BCUT2D eigenvalue weighted by Crippen LogP contribution is 2.19. The highest BCUT2D eigenvalue weighted by Gasteiger charge is 2.20. The fraction of sp³-hybridized carbons (Fsp3) is 0.462. The zero-order valence-corrected chi connectivity index (χ0v) is 10.4. The standard InChI is InChI=1S/C13H16N2O3/c1-10-7-11(9-12(8-10)15(17)18)13(16)14-5-3-2-4-6-14/h7-9H,2-6H2,1H3. The molecule has 1 amide bonds. The Labute approximate surface area is 106 Å². The molecule has 0 aliphatic carbocycles. The predicted molar refractivity (Wildman–Crippen MR) is 67.6 cm³/mol. The van der Waals surface area contributed by atoms with Crippen LogP contribution in [0.2, 0.25) is 0 Å². The van der Waals surface area contributed by atoms with Crippen LogP contribution >= 0.6 is 0 Å². The monoisotopic (exact) mass is 248 g/mol. The molecule has 2 rings (SSSR count). The van der Waals surface area contributed by atoms with Crippen molar-refractivity contribution < 1.29 is 9.72 Å². The minimum atomic E-state index is -0.458. The zero-order valence-electron chi connectivity index (χ0n) is 10.4. The van der Waals surface area contributed by atoms with E-state index in [9.17, 15) is 14.9 Å². The van der Waals surface area contributed by atoms with E-state index in [0.717, 1.165) is 37.9 Å². The second kappa shape index (κ2) is 5.16. The van der Waals surface area contributed by atoms with Gasteiger partial charge >= 0.3 is 0 Å². The summed E-state index contributed by atoms with van der Waals surface area (Å²) in [5.41, 5.74) is 1.14. The topological polar surface area (TPSA) is 63.5 Å². The summed E-state index contributed by atoms with van der Waals surface area (Å²) in [6, 6.07) is 4.56. The lowest BCUT2D eigenvalue weighted by molar-refractivity contribution is -0.384. The van der Waals surface area contributed by atoms with Crippen molar-refractivity contribution in [2.45, 2.75) is 26.2 Å². The second-order valence-electron chi connectivity index (χ2n) is 4.67. The van der Waals surface area contributed by atoms with Crippen LogP contribution in [0.25, 0.3) is 0 Å². The molecule has 0 unspecified atom stereocenters. The van der Waals surface area contributed by atoms with E-state index in [4.69, 9.17) is 0 Å². The molecule has 0 bridgehead atoms. The molecule has 0 saturated carbocycles. The van der Waals surface area contributed by atoms with Crippen molar-refractivity contribution in [2.24, 2.45) is 0 Å². The van der Waals surface area contributed by atoms with Gasteiger partial charge in [-0.15, -0.1) is 0 Å². The first-order valence-electron chi connectivity index (χ1n) is 6.13. The van der Waals surface area contributed by atoms with Crippen LogP contribution in [0.5, 0.6) is 0 Å². The summed E-state index contributed by atoms with van der Waals surface area (Å²) in [5.74, 6) is -0.0958. The van der Waals surface area contributed by atoms with Gasteiger partial charge in [0.2, 0.25) is 0 Å². The van der Waals surface area contributed by atoms with Gasteiger partial charge in [0.1, 0.15) is 0 Å². The van der Waals surface area contributed by atoms with Gasteiger partial charge in [0.05, 0.1) is 4.92 Å². The lowest BCUT2D eigenvalue weighted by Crippen LogP contribution is -2.35. The Morgan fingerprint density at radius 2 is 1.89 bits per heavy atom. The van der Waals surface area contributed by atoms with Gasteiger partial charge in [-0.05, 0) is 37.8 Å². The number of likely N-dealkylation sites (tertiary alicyclic amines) is 1. The molecule has 96 valence electrons. The number of carbonyl (C=O) groups is 1. The van der Waals surface area contributed by atoms with Crippen LogP contribution in [0, 0.1) is 17.0 Å². The number of piperidine rings is 1. The molecule has 5 nitrogen and oxygen atoms in total. The lowest BCUT2D eigenvalue weighted by Gasteiger charge is -2.26. The Morgan fingerprint density at radius 3 is 2.50 bits per heavy atom. The number of benzene rings is 1. The zero-order chi connectivity index (χ0) is 13.1. The normalized spacial score (nSPS) is 15.5. The number of amides is 1. The molecule has 0 aromatic heterocycles. The van der Waals surface area contributed by atoms with E-state index in [0.29, 0.717) is 5.56 Å². The van der Waals surface area contributed by atoms with Gasteiger partial charge in [-0.1, -0.05) is 0 Å². The minimum Gasteiger partial charge on any atom is -0.339 e. The SMILES string of the molecule is Cc1cc(C(=O)N2CCCCC2)cc([N+](=O)[O-])c1. The number of non-ortho nitro benzene ring substituents is 1. The summed E-state index contributed by atoms with van der Waals surface area (Å²) >= 11 is 0. The predicted octanol–water partition coefficient (Wildman–Crippen LogP) is 2.53. The van der Waals surface area contributed by atoms with Gasteiger partial charge in [-0.3, -0.25) is 14.9 Å². The summed E-state index contributed by atoms with van der Waals surface area (Å²) in [6.45, 7) is 3.27. The summed E-state index contributed by atoms with van der Waals surface area (Å²) in [7, 11) is 0. The third kappa shape index (κ3) is 2.67. The molecule has 1 heterocycles. The number of nitrogens with zero attached hydrogens (tertiary/aromatic N) is 2. The van der Waals surface area contributed by atoms with Gasteiger partial charge in [-0.25, -0.2) is 0 Å². The Hall–Kier alpha value is -1.91. The Morgan fingerprint density at radius 1 is 1.22 bits per heavy atom. The summed E-state index contributed by atoms with van der Waals surface area (Å²) in [4.78, 5) is 24.3. The fourth-order valence-corrected chi connectivity index (χ4v) is 2.27. The molecule has 1 aliphatic rings. The maximum atomic E-state index is 12.2. The van der Waals surface area contributed by atoms with E-state index in [-0.39, 0.29) is 11.6 Å². The van der Waals surface area contributed by atoms with Gasteiger partial charge in [-0.2, -0.15) is 0 Å². The van der Waals surface area contributed by atoms with E-state index < -0.39 is 4.92 Å². The number of carbonyl (C=O) groups excluding carboxylic acids is 1. The molecule has 1 aromatic rings. The van der Waals surface area contributed by atoms with Crippen LogP contribution < -0.4 is 0 Å². The molecule has 1 aromatic carbocycles. The van der Waals surface area contributed by atoms with Gasteiger partial charge in [0.15, 0.2) is 0 Å². The van der Waals surface area contributed by atoms with Crippen molar-refractivity contribution >= 4 is 11.6 Å². The largest absolute Gasteiger partial charge is 0.339 e. The average molecular weight is 248 g/mol. The van der Waals surface area contributed by atoms with Crippen molar-refractivity contribution in [1.29, 1.82) is 0 Å². The molecule has 0 radical (unpaired) electrons. The maximum Gasteiger partial charge on any atom is 0.270 e. The summed E-state index contributed by atoms with van der Waals surface area (Å²) in [5, 5.41) is 10.8. The molecular weight excluding hydrogens is 232 g/mol. The first kappa shape index (κ1) is 12.5. The minimum absolute atomic E-state index is 0.0182. The molecule has 0 atom stereocenters. The number of hydrogen-bond acceptors (Lipinski definition) is 3. The summed E-state index contributed by atoms with van der Waals surface area (Å²) in [6.07, 6.45) is 3.18. The Kier molecular flexibility index (Phi) is 3.60. The first-order valence-corrected chi connectivity index (χ1v) is 6.13. The number of nitro benzene ring substituents is 1. The van der Waals surface area contributed by atoms with Gasteiger partial charge in [0.25, 0.3) is 11.6 Å². The highest BCUT2D eigenvalue weighted by molar-refractivity contribution is 5.95. The number of nitro groups is 1. The number of rotatable bonds is 2. The Bertz CT molecular complexity index is 479. The van der Waals surface area contributed by atoms with Crippen LogP contribution in [-0.4, -0.2) is 28.8 Å². The number of aryl methyl sites for hydroxylation is 1. The van der Waals surface area contributed by atoms with Gasteiger partial charge < -0.3 is 4.90 Å². The molecule has 18 heavy (non-hydrogen) atoms. The quantitative estimate of drug-likeness (QED) is 0.596. The van der Waals surface area contributed by atoms with E-state index in [2.05, 4.69) is 0 Å². The second-order valence-corrected chi connectivity index (χ2v) is 4.67. The van der Waals surface area contributed by atoms with Crippen molar-refractivity contribution in [2.75, 3.05) is 13.1 Å². The molecule has 0 N–H and O–H groups in total. The third-order valence-corrected chi connectivity index (χ3v) is 3.16. The van der Waals surface area contributed by atoms with Gasteiger partial charge in [0, 0.05) is 30.8 Å². The summed E-state index contributed by atoms with van der Waals surface area (Å²) < 4.78 is 0. The van der Waals surface area contributed by atoms with Crippen LogP contribution in [-0.2, 0) is 0 Å². The van der Waals surface area contributed by atoms with Crippen LogP contribution in [0.15, 0.2) is 18.2 Å². The molecule has 0 spiro atoms. The molecule has 1 fully saturated rings. The smallest absolute Gasteiger partial charge is 0.270 e. The van der Waals surface area contributed by atoms with E-state index in [1.165, 1.54) is 12.1 Å². The van der Waals surface area contributed by atoms with Crippen molar-refractivity contribution in [1.82, 2.24) is 4.90 Å².